The van der Waals surface area contributed by atoms with E-state index < -0.39 is 0 Å². The summed E-state index contributed by atoms with van der Waals surface area (Å²) in [5.74, 6) is 1.76. The Morgan fingerprint density at radius 1 is 1.04 bits per heavy atom. The Labute approximate surface area is 169 Å². The van der Waals surface area contributed by atoms with Gasteiger partial charge in [0.15, 0.2) is 0 Å². The molecule has 0 saturated carbocycles. The van der Waals surface area contributed by atoms with Gasteiger partial charge in [0.05, 0.1) is 0 Å². The average Bonchev–Trinajstić information content (AvgIpc) is 2.61. The highest BCUT2D eigenvalue weighted by Crippen LogP contribution is 2.31. The van der Waals surface area contributed by atoms with Gasteiger partial charge >= 0.3 is 0 Å². The lowest BCUT2D eigenvalue weighted by atomic mass is 9.97. The summed E-state index contributed by atoms with van der Waals surface area (Å²) in [7, 11) is 0. The molecule has 1 fully saturated rings. The number of rotatable bonds is 6. The molecule has 1 aliphatic rings. The Kier molecular flexibility index (Phi) is 9.74. The first-order valence-corrected chi connectivity index (χ1v) is 8.64. The third-order valence-electron chi connectivity index (χ3n) is 4.36. The molecule has 0 bridgehead atoms. The molecule has 2 aromatic rings. The van der Waals surface area contributed by atoms with E-state index in [1.807, 2.05) is 36.4 Å². The zero-order chi connectivity index (χ0) is 16.8. The van der Waals surface area contributed by atoms with Gasteiger partial charge in [0.1, 0.15) is 11.5 Å². The number of hydrogen-bond donors (Lipinski definition) is 1. The first-order chi connectivity index (χ1) is 11.7. The summed E-state index contributed by atoms with van der Waals surface area (Å²) in [5, 5.41) is 3.43. The molecule has 0 amide bonds. The number of para-hydroxylation sites is 1. The summed E-state index contributed by atoms with van der Waals surface area (Å²) in [6.07, 6.45) is 0.981. The number of halogens is 2. The highest BCUT2D eigenvalue weighted by molar-refractivity contribution is 5.85. The van der Waals surface area contributed by atoms with Gasteiger partial charge in [-0.15, -0.1) is 31.4 Å². The van der Waals surface area contributed by atoms with E-state index in [2.05, 4.69) is 41.9 Å². The van der Waals surface area contributed by atoms with Gasteiger partial charge in [-0.25, -0.2) is 0 Å². The maximum Gasteiger partial charge on any atom is 0.127 e. The van der Waals surface area contributed by atoms with Crippen molar-refractivity contribution in [3.8, 4) is 11.5 Å². The monoisotopic (exact) mass is 394 g/mol. The van der Waals surface area contributed by atoms with Gasteiger partial charge in [-0.1, -0.05) is 35.9 Å². The van der Waals surface area contributed by atoms with Crippen LogP contribution in [0.3, 0.4) is 0 Å². The summed E-state index contributed by atoms with van der Waals surface area (Å²) in [4.78, 5) is 2.55. The van der Waals surface area contributed by atoms with Crippen LogP contribution < -0.4 is 10.1 Å². The van der Waals surface area contributed by atoms with E-state index in [4.69, 9.17) is 4.74 Å². The Balaban J connectivity index is 0.00000169. The summed E-state index contributed by atoms with van der Waals surface area (Å²) >= 11 is 0. The van der Waals surface area contributed by atoms with Gasteiger partial charge in [0.25, 0.3) is 0 Å². The number of nitrogens with zero attached hydrogens (tertiary/aromatic N) is 1. The number of benzene rings is 2. The highest BCUT2D eigenvalue weighted by Gasteiger charge is 2.22. The summed E-state index contributed by atoms with van der Waals surface area (Å²) in [5.41, 5.74) is 2.52. The summed E-state index contributed by atoms with van der Waals surface area (Å²) < 4.78 is 6.01. The summed E-state index contributed by atoms with van der Waals surface area (Å²) in [6.45, 7) is 10.5. The van der Waals surface area contributed by atoms with Crippen LogP contribution in [0.5, 0.6) is 11.5 Å². The molecule has 1 atom stereocenters. The van der Waals surface area contributed by atoms with E-state index in [1.165, 1.54) is 11.1 Å². The maximum absolute atomic E-state index is 6.01. The molecule has 3 rings (SSSR count). The van der Waals surface area contributed by atoms with Crippen molar-refractivity contribution < 1.29 is 4.74 Å². The van der Waals surface area contributed by atoms with E-state index in [0.717, 1.165) is 44.1 Å². The minimum absolute atomic E-state index is 0. The fourth-order valence-corrected chi connectivity index (χ4v) is 3.19. The lowest BCUT2D eigenvalue weighted by Gasteiger charge is -2.35. The van der Waals surface area contributed by atoms with E-state index in [0.29, 0.717) is 6.04 Å². The van der Waals surface area contributed by atoms with E-state index in [1.54, 1.807) is 0 Å². The van der Waals surface area contributed by atoms with Crippen LogP contribution in [0.15, 0.2) is 66.7 Å². The van der Waals surface area contributed by atoms with Gasteiger partial charge in [0.2, 0.25) is 0 Å². The Morgan fingerprint density at radius 2 is 1.69 bits per heavy atom. The molecule has 1 saturated heterocycles. The first-order valence-electron chi connectivity index (χ1n) is 8.64. The maximum atomic E-state index is 6.01. The smallest absolute Gasteiger partial charge is 0.127 e. The standard InChI is InChI=1S/C21H26N2O.2ClH/c1-17(2)15-21(23-13-11-22-12-14-23)18-7-6-10-20(16-18)24-19-8-4-3-5-9-19;;/h3-10,16,21-22H,1,11-15H2,2H3;2*1H/t21-;;/m1../s1. The van der Waals surface area contributed by atoms with Crippen LogP contribution in [0.1, 0.15) is 24.9 Å². The van der Waals surface area contributed by atoms with Gasteiger partial charge in [-0.3, -0.25) is 4.90 Å². The fourth-order valence-electron chi connectivity index (χ4n) is 3.19. The number of hydrogen-bond acceptors (Lipinski definition) is 3. The van der Waals surface area contributed by atoms with Crippen LogP contribution in [-0.4, -0.2) is 31.1 Å². The van der Waals surface area contributed by atoms with Gasteiger partial charge in [0, 0.05) is 32.2 Å². The van der Waals surface area contributed by atoms with E-state index in [9.17, 15) is 0 Å². The second-order valence-corrected chi connectivity index (χ2v) is 6.45. The molecule has 1 N–H and O–H groups in total. The van der Waals surface area contributed by atoms with Crippen LogP contribution in [0.25, 0.3) is 0 Å². The quantitative estimate of drug-likeness (QED) is 0.678. The van der Waals surface area contributed by atoms with Gasteiger partial charge in [-0.2, -0.15) is 0 Å². The predicted octanol–water partition coefficient (Wildman–Crippen LogP) is 5.24. The normalized spacial score (nSPS) is 15.3. The average molecular weight is 395 g/mol. The van der Waals surface area contributed by atoms with Gasteiger partial charge < -0.3 is 10.1 Å². The second-order valence-electron chi connectivity index (χ2n) is 6.45. The number of ether oxygens (including phenoxy) is 1. The van der Waals surface area contributed by atoms with Crippen LogP contribution in [0, 0.1) is 0 Å². The van der Waals surface area contributed by atoms with E-state index >= 15 is 0 Å². The second kappa shape index (κ2) is 11.2. The highest BCUT2D eigenvalue weighted by atomic mass is 35.5. The lowest BCUT2D eigenvalue weighted by Crippen LogP contribution is -2.45. The summed E-state index contributed by atoms with van der Waals surface area (Å²) in [6, 6.07) is 18.8. The molecule has 1 heterocycles. The van der Waals surface area contributed by atoms with Crippen LogP contribution >= 0.6 is 24.8 Å². The molecular formula is C21H28Cl2N2O. The molecule has 1 aliphatic heterocycles. The van der Waals surface area contributed by atoms with Crippen molar-refractivity contribution in [1.82, 2.24) is 10.2 Å². The third-order valence-corrected chi connectivity index (χ3v) is 4.36. The van der Waals surface area contributed by atoms with E-state index in [-0.39, 0.29) is 24.8 Å². The molecule has 142 valence electrons. The predicted molar refractivity (Wildman–Crippen MR) is 114 cm³/mol. The van der Waals surface area contributed by atoms with Gasteiger partial charge in [-0.05, 0) is 43.2 Å². The van der Waals surface area contributed by atoms with Crippen molar-refractivity contribution in [3.05, 3.63) is 72.3 Å². The SMILES string of the molecule is C=C(C)C[C@H](c1cccc(Oc2ccccc2)c1)N1CCNCC1.Cl.Cl. The van der Waals surface area contributed by atoms with Crippen molar-refractivity contribution in [2.45, 2.75) is 19.4 Å². The molecule has 0 radical (unpaired) electrons. The topological polar surface area (TPSA) is 24.5 Å². The Hall–Kier alpha value is -1.52. The number of piperazine rings is 1. The zero-order valence-electron chi connectivity index (χ0n) is 15.2. The minimum Gasteiger partial charge on any atom is -0.457 e. The Morgan fingerprint density at radius 3 is 2.35 bits per heavy atom. The van der Waals surface area contributed by atoms with Crippen molar-refractivity contribution in [2.75, 3.05) is 26.2 Å². The zero-order valence-corrected chi connectivity index (χ0v) is 16.8. The molecule has 0 aliphatic carbocycles. The Bertz CT molecular complexity index is 673. The molecule has 2 aromatic carbocycles. The fraction of sp³-hybridized carbons (Fsp3) is 0.333. The third kappa shape index (κ3) is 6.33. The van der Waals surface area contributed by atoms with Crippen LogP contribution in [0.2, 0.25) is 0 Å². The molecule has 0 spiro atoms. The molecule has 3 nitrogen and oxygen atoms in total. The van der Waals surface area contributed by atoms with Crippen molar-refractivity contribution in [2.24, 2.45) is 0 Å². The molecule has 0 aromatic heterocycles. The van der Waals surface area contributed by atoms with Crippen molar-refractivity contribution >= 4 is 24.8 Å². The first kappa shape index (κ1) is 22.5. The van der Waals surface area contributed by atoms with Crippen molar-refractivity contribution in [1.29, 1.82) is 0 Å². The van der Waals surface area contributed by atoms with Crippen LogP contribution in [0.4, 0.5) is 0 Å². The molecule has 26 heavy (non-hydrogen) atoms. The van der Waals surface area contributed by atoms with Crippen LogP contribution in [-0.2, 0) is 0 Å². The minimum atomic E-state index is 0. The molecule has 5 heteroatoms. The number of nitrogens with one attached hydrogen (secondary N) is 1. The molecular weight excluding hydrogens is 367 g/mol. The lowest BCUT2D eigenvalue weighted by molar-refractivity contribution is 0.172. The van der Waals surface area contributed by atoms with Crippen molar-refractivity contribution in [3.63, 3.8) is 0 Å². The largest absolute Gasteiger partial charge is 0.457 e. The molecule has 0 unspecified atom stereocenters.